The Kier molecular flexibility index (Phi) is 5.80. The number of ether oxygens (including phenoxy) is 1. The molecule has 1 amide bonds. The van der Waals surface area contributed by atoms with Crippen LogP contribution < -0.4 is 5.32 Å². The standard InChI is InChI=1S/C25H35NO5/c1-14(21(28)16(3)27)9-8-12-18-22-24(4,31-22)15(2)20-19(26-23(29)25(18,20)30)13-17-10-6-5-7-11-17/h5-8,10-12,14-16,18-22,27-28,30H,9,13H2,1-4H3,(H,26,29)/b12-8+/t14-,15-,16+,18-,19-,20-,21+,22-,24+,25+/m0/s1. The van der Waals surface area contributed by atoms with E-state index in [0.29, 0.717) is 12.8 Å². The van der Waals surface area contributed by atoms with Gasteiger partial charge in [0.1, 0.15) is 0 Å². The van der Waals surface area contributed by atoms with Gasteiger partial charge in [-0.05, 0) is 44.1 Å². The molecule has 4 N–H and O–H groups in total. The molecule has 1 saturated carbocycles. The van der Waals surface area contributed by atoms with Gasteiger partial charge in [0.05, 0.1) is 23.9 Å². The molecule has 2 saturated heterocycles. The molecule has 6 nitrogen and oxygen atoms in total. The first-order chi connectivity index (χ1) is 14.6. The zero-order valence-electron chi connectivity index (χ0n) is 18.7. The fraction of sp³-hybridized carbons (Fsp3) is 0.640. The molecule has 0 spiro atoms. The molecule has 170 valence electrons. The maximum atomic E-state index is 13.1. The summed E-state index contributed by atoms with van der Waals surface area (Å²) in [6.45, 7) is 7.60. The monoisotopic (exact) mass is 429 g/mol. The van der Waals surface area contributed by atoms with Crippen molar-refractivity contribution in [3.63, 3.8) is 0 Å². The van der Waals surface area contributed by atoms with Crippen LogP contribution in [0, 0.1) is 23.7 Å². The first-order valence-corrected chi connectivity index (χ1v) is 11.4. The van der Waals surface area contributed by atoms with Crippen LogP contribution in [0.3, 0.4) is 0 Å². The van der Waals surface area contributed by atoms with E-state index in [1.54, 1.807) is 6.92 Å². The Morgan fingerprint density at radius 3 is 2.55 bits per heavy atom. The van der Waals surface area contributed by atoms with Crippen molar-refractivity contribution >= 4 is 5.91 Å². The van der Waals surface area contributed by atoms with Crippen molar-refractivity contribution in [2.45, 2.75) is 76.1 Å². The summed E-state index contributed by atoms with van der Waals surface area (Å²) >= 11 is 0. The first-order valence-electron chi connectivity index (χ1n) is 11.4. The number of aliphatic hydroxyl groups excluding tert-OH is 2. The molecule has 0 bridgehead atoms. The number of nitrogens with one attached hydrogen (secondary N) is 1. The molecule has 4 rings (SSSR count). The van der Waals surface area contributed by atoms with Gasteiger partial charge in [-0.25, -0.2) is 0 Å². The summed E-state index contributed by atoms with van der Waals surface area (Å²) in [6.07, 6.45) is 3.17. The average Bonchev–Trinajstić information content (AvgIpc) is 3.36. The van der Waals surface area contributed by atoms with E-state index < -0.39 is 23.7 Å². The number of aliphatic hydroxyl groups is 3. The number of carbonyl (C=O) groups is 1. The van der Waals surface area contributed by atoms with E-state index >= 15 is 0 Å². The minimum absolute atomic E-state index is 0.0239. The summed E-state index contributed by atoms with van der Waals surface area (Å²) in [4.78, 5) is 13.1. The van der Waals surface area contributed by atoms with Crippen LogP contribution in [0.5, 0.6) is 0 Å². The Bertz CT molecular complexity index is 842. The van der Waals surface area contributed by atoms with Gasteiger partial charge >= 0.3 is 0 Å². The molecule has 10 atom stereocenters. The average molecular weight is 430 g/mol. The quantitative estimate of drug-likeness (QED) is 0.391. The predicted octanol–water partition coefficient (Wildman–Crippen LogP) is 1.82. The maximum absolute atomic E-state index is 13.1. The molecular formula is C25H35NO5. The van der Waals surface area contributed by atoms with Gasteiger partial charge in [-0.1, -0.05) is 56.3 Å². The van der Waals surface area contributed by atoms with Crippen molar-refractivity contribution in [1.82, 2.24) is 5.32 Å². The Morgan fingerprint density at radius 1 is 1.23 bits per heavy atom. The van der Waals surface area contributed by atoms with Gasteiger partial charge in [-0.2, -0.15) is 0 Å². The zero-order valence-corrected chi connectivity index (χ0v) is 18.7. The smallest absolute Gasteiger partial charge is 0.253 e. The van der Waals surface area contributed by atoms with Gasteiger partial charge < -0.3 is 25.4 Å². The number of benzene rings is 1. The molecule has 1 aromatic rings. The molecule has 0 unspecified atom stereocenters. The number of hydrogen-bond acceptors (Lipinski definition) is 5. The lowest BCUT2D eigenvalue weighted by Crippen LogP contribution is -2.59. The summed E-state index contributed by atoms with van der Waals surface area (Å²) in [5.74, 6) is -1.15. The molecule has 1 aromatic carbocycles. The Hall–Kier alpha value is -1.73. The third kappa shape index (κ3) is 3.63. The Balaban J connectivity index is 1.58. The number of epoxide rings is 1. The van der Waals surface area contributed by atoms with Crippen molar-refractivity contribution in [3.05, 3.63) is 48.0 Å². The van der Waals surface area contributed by atoms with Crippen molar-refractivity contribution in [1.29, 1.82) is 0 Å². The maximum Gasteiger partial charge on any atom is 0.253 e. The van der Waals surface area contributed by atoms with E-state index in [-0.39, 0.29) is 41.4 Å². The van der Waals surface area contributed by atoms with Gasteiger partial charge in [-0.3, -0.25) is 4.79 Å². The fourth-order valence-electron chi connectivity index (χ4n) is 5.91. The van der Waals surface area contributed by atoms with E-state index in [0.717, 1.165) is 5.56 Å². The predicted molar refractivity (Wildman–Crippen MR) is 117 cm³/mol. The highest BCUT2D eigenvalue weighted by Gasteiger charge is 2.76. The first kappa shape index (κ1) is 22.5. The lowest BCUT2D eigenvalue weighted by molar-refractivity contribution is -0.148. The van der Waals surface area contributed by atoms with Crippen LogP contribution >= 0.6 is 0 Å². The summed E-state index contributed by atoms with van der Waals surface area (Å²) in [7, 11) is 0. The highest BCUT2D eigenvalue weighted by Crippen LogP contribution is 2.62. The van der Waals surface area contributed by atoms with Crippen LogP contribution in [0.1, 0.15) is 39.7 Å². The largest absolute Gasteiger partial charge is 0.391 e. The van der Waals surface area contributed by atoms with Gasteiger partial charge in [0.15, 0.2) is 5.60 Å². The second-order valence-corrected chi connectivity index (χ2v) is 10.0. The van der Waals surface area contributed by atoms with E-state index in [9.17, 15) is 20.1 Å². The highest BCUT2D eigenvalue weighted by molar-refractivity contribution is 5.89. The Morgan fingerprint density at radius 2 is 1.90 bits per heavy atom. The number of hydrogen-bond donors (Lipinski definition) is 4. The van der Waals surface area contributed by atoms with Gasteiger partial charge in [0, 0.05) is 17.9 Å². The van der Waals surface area contributed by atoms with E-state index in [4.69, 9.17) is 4.74 Å². The van der Waals surface area contributed by atoms with Crippen LogP contribution in [0.4, 0.5) is 0 Å². The van der Waals surface area contributed by atoms with Crippen molar-refractivity contribution < 1.29 is 24.9 Å². The SMILES string of the molecule is C[C@@H](O)[C@H](O)[C@@H](C)C/C=C/[C@H]1[C@@H]2O[C@]2(C)[C@@H](C)[C@H]2[C@H](Cc3ccccc3)NC(=O)[C@]21O. The normalized spacial score (nSPS) is 41.9. The van der Waals surface area contributed by atoms with Crippen LogP contribution in [0.25, 0.3) is 0 Å². The minimum Gasteiger partial charge on any atom is -0.391 e. The number of fused-ring (bicyclic) bond motifs is 2. The Labute approximate surface area is 184 Å². The molecule has 6 heteroatoms. The zero-order chi connectivity index (χ0) is 22.6. The molecule has 0 radical (unpaired) electrons. The fourth-order valence-corrected chi connectivity index (χ4v) is 5.91. The van der Waals surface area contributed by atoms with Crippen molar-refractivity contribution in [3.8, 4) is 0 Å². The van der Waals surface area contributed by atoms with Crippen molar-refractivity contribution in [2.75, 3.05) is 0 Å². The van der Waals surface area contributed by atoms with Gasteiger partial charge in [0.2, 0.25) is 0 Å². The number of amides is 1. The van der Waals surface area contributed by atoms with E-state index in [2.05, 4.69) is 19.2 Å². The topological polar surface area (TPSA) is 102 Å². The molecule has 2 heterocycles. The van der Waals surface area contributed by atoms with Crippen LogP contribution in [0.15, 0.2) is 42.5 Å². The lowest BCUT2D eigenvalue weighted by atomic mass is 9.59. The van der Waals surface area contributed by atoms with E-state index in [1.807, 2.05) is 49.4 Å². The van der Waals surface area contributed by atoms with Gasteiger partial charge in [0.25, 0.3) is 5.91 Å². The molecule has 3 aliphatic rings. The van der Waals surface area contributed by atoms with Gasteiger partial charge in [-0.15, -0.1) is 0 Å². The second-order valence-electron chi connectivity index (χ2n) is 10.0. The van der Waals surface area contributed by atoms with Crippen LogP contribution in [0.2, 0.25) is 0 Å². The van der Waals surface area contributed by atoms with E-state index in [1.165, 1.54) is 0 Å². The van der Waals surface area contributed by atoms with Crippen molar-refractivity contribution in [2.24, 2.45) is 23.7 Å². The highest BCUT2D eigenvalue weighted by atomic mass is 16.6. The number of allylic oxidation sites excluding steroid dienone is 1. The minimum atomic E-state index is -1.53. The van der Waals surface area contributed by atoms with Crippen LogP contribution in [-0.2, 0) is 16.0 Å². The molecule has 3 fully saturated rings. The molecule has 2 aliphatic heterocycles. The third-order valence-electron chi connectivity index (χ3n) is 8.01. The second kappa shape index (κ2) is 8.00. The summed E-state index contributed by atoms with van der Waals surface area (Å²) in [6, 6.07) is 9.86. The summed E-state index contributed by atoms with van der Waals surface area (Å²) in [5.41, 5.74) is -0.763. The van der Waals surface area contributed by atoms with Crippen LogP contribution in [-0.4, -0.2) is 56.8 Å². The number of rotatable bonds is 7. The molecular weight excluding hydrogens is 394 g/mol. The lowest BCUT2D eigenvalue weighted by Gasteiger charge is -2.43. The molecule has 1 aliphatic carbocycles. The number of carbonyl (C=O) groups excluding carboxylic acids is 1. The third-order valence-corrected chi connectivity index (χ3v) is 8.01. The molecule has 0 aromatic heterocycles. The summed E-state index contributed by atoms with van der Waals surface area (Å²) < 4.78 is 6.10. The molecule has 31 heavy (non-hydrogen) atoms. The summed E-state index contributed by atoms with van der Waals surface area (Å²) in [5, 5.41) is 34.6.